The maximum Gasteiger partial charge on any atom is 0.254 e. The summed E-state index contributed by atoms with van der Waals surface area (Å²) in [6, 6.07) is 3.00. The molecule has 1 saturated carbocycles. The third kappa shape index (κ3) is 5.34. The number of nitrogens with one attached hydrogen (secondary N) is 1. The first-order chi connectivity index (χ1) is 17.2. The summed E-state index contributed by atoms with van der Waals surface area (Å²) in [5, 5.41) is 4.19. The Morgan fingerprint density at radius 2 is 1.86 bits per heavy atom. The average Bonchev–Trinajstić information content (AvgIpc) is 3.48. The summed E-state index contributed by atoms with van der Waals surface area (Å²) in [7, 11) is 4.33. The topological polar surface area (TPSA) is 78.1 Å². The monoisotopic (exact) mass is 510 g/mol. The molecule has 0 aromatic carbocycles. The number of nitrogens with zero attached hydrogens (tertiary/aromatic N) is 3. The fraction of sp³-hybridized carbons (Fsp3) is 0.536. The highest BCUT2D eigenvalue weighted by Crippen LogP contribution is 2.44. The van der Waals surface area contributed by atoms with E-state index in [1.165, 1.54) is 12.8 Å². The highest BCUT2D eigenvalue weighted by atomic mass is 32.1. The summed E-state index contributed by atoms with van der Waals surface area (Å²) >= 11 is 1.66. The van der Waals surface area contributed by atoms with Crippen LogP contribution in [0.4, 0.5) is 5.00 Å². The highest BCUT2D eigenvalue weighted by Gasteiger charge is 2.32. The van der Waals surface area contributed by atoms with Gasteiger partial charge in [0.15, 0.2) is 0 Å². The van der Waals surface area contributed by atoms with Crippen molar-refractivity contribution in [2.45, 2.75) is 65.5 Å². The molecule has 1 fully saturated rings. The number of furan rings is 1. The van der Waals surface area contributed by atoms with Crippen LogP contribution in [0.3, 0.4) is 0 Å². The van der Waals surface area contributed by atoms with Gasteiger partial charge in [-0.3, -0.25) is 9.59 Å². The Balaban J connectivity index is 1.60. The molecule has 0 radical (unpaired) electrons. The molecule has 0 saturated heterocycles. The van der Waals surface area contributed by atoms with Gasteiger partial charge in [0.25, 0.3) is 11.8 Å². The van der Waals surface area contributed by atoms with Gasteiger partial charge in [0, 0.05) is 36.4 Å². The molecule has 8 heteroatoms. The zero-order valence-corrected chi connectivity index (χ0v) is 23.1. The molecular weight excluding hydrogens is 472 g/mol. The molecule has 2 aliphatic rings. The molecule has 194 valence electrons. The third-order valence-electron chi connectivity index (χ3n) is 7.61. The molecule has 2 amide bonds. The quantitative estimate of drug-likeness (QED) is 0.521. The Kier molecular flexibility index (Phi) is 8.15. The largest absolute Gasteiger partial charge is 0.472 e. The van der Waals surface area contributed by atoms with Crippen molar-refractivity contribution in [3.05, 3.63) is 41.4 Å². The van der Waals surface area contributed by atoms with E-state index in [0.29, 0.717) is 23.4 Å². The highest BCUT2D eigenvalue weighted by molar-refractivity contribution is 7.20. The van der Waals surface area contributed by atoms with E-state index in [2.05, 4.69) is 41.1 Å². The number of thiophene rings is 1. The SMILES string of the molecule is CCN(c1sc(-c2ccoc2)c(C(=O)NCC2C(=O)N=C(C)C=C2C)c1C)C1CCC(N(C)C)CC1. The molecule has 3 heterocycles. The van der Waals surface area contributed by atoms with Crippen LogP contribution < -0.4 is 10.2 Å². The van der Waals surface area contributed by atoms with Crippen molar-refractivity contribution in [3.8, 4) is 10.4 Å². The standard InChI is InChI=1S/C28H38N4O3S/c1-7-32(22-10-8-21(9-11-22)31(5)6)28-19(4)24(25(36-28)20-12-13-35-16-20)27(34)29-15-23-17(2)14-18(3)30-26(23)33/h12-14,16,21-23H,7-11,15H2,1-6H3,(H,29,34). The zero-order chi connectivity index (χ0) is 26.0. The minimum Gasteiger partial charge on any atom is -0.472 e. The Hall–Kier alpha value is -2.71. The van der Waals surface area contributed by atoms with Crippen LogP contribution in [0, 0.1) is 12.8 Å². The number of anilines is 1. The number of hydrogen-bond donors (Lipinski definition) is 1. The predicted octanol–water partition coefficient (Wildman–Crippen LogP) is 5.31. The van der Waals surface area contributed by atoms with Crippen LogP contribution in [0.2, 0.25) is 0 Å². The lowest BCUT2D eigenvalue weighted by Gasteiger charge is -2.39. The maximum atomic E-state index is 13.6. The first-order valence-electron chi connectivity index (χ1n) is 12.9. The van der Waals surface area contributed by atoms with E-state index in [-0.39, 0.29) is 18.4 Å². The lowest BCUT2D eigenvalue weighted by atomic mass is 9.89. The molecule has 0 spiro atoms. The van der Waals surface area contributed by atoms with Crippen LogP contribution in [0.25, 0.3) is 10.4 Å². The minimum atomic E-state index is -0.424. The van der Waals surface area contributed by atoms with Gasteiger partial charge in [-0.15, -0.1) is 11.3 Å². The molecule has 0 bridgehead atoms. The molecule has 7 nitrogen and oxygen atoms in total. The smallest absolute Gasteiger partial charge is 0.254 e. The van der Waals surface area contributed by atoms with Crippen molar-refractivity contribution in [2.75, 3.05) is 32.1 Å². The second-order valence-electron chi connectivity index (χ2n) is 10.2. The third-order valence-corrected chi connectivity index (χ3v) is 8.99. The second kappa shape index (κ2) is 11.1. The van der Waals surface area contributed by atoms with Crippen LogP contribution in [0.5, 0.6) is 0 Å². The molecule has 1 N–H and O–H groups in total. The van der Waals surface area contributed by atoms with Gasteiger partial charge < -0.3 is 19.5 Å². The van der Waals surface area contributed by atoms with Gasteiger partial charge in [-0.1, -0.05) is 5.57 Å². The van der Waals surface area contributed by atoms with Gasteiger partial charge in [-0.25, -0.2) is 4.99 Å². The maximum absolute atomic E-state index is 13.6. The van der Waals surface area contributed by atoms with E-state index in [1.54, 1.807) is 23.9 Å². The summed E-state index contributed by atoms with van der Waals surface area (Å²) in [5.74, 6) is -0.783. The van der Waals surface area contributed by atoms with Crippen LogP contribution in [-0.2, 0) is 4.79 Å². The van der Waals surface area contributed by atoms with Crippen molar-refractivity contribution in [1.29, 1.82) is 0 Å². The van der Waals surface area contributed by atoms with Gasteiger partial charge in [0.1, 0.15) is 0 Å². The Morgan fingerprint density at radius 1 is 1.17 bits per heavy atom. The number of amides is 2. The number of carbonyl (C=O) groups is 2. The molecule has 1 atom stereocenters. The van der Waals surface area contributed by atoms with Gasteiger partial charge in [0.05, 0.1) is 33.9 Å². The molecule has 1 unspecified atom stereocenters. The van der Waals surface area contributed by atoms with Crippen molar-refractivity contribution >= 4 is 33.9 Å². The molecule has 36 heavy (non-hydrogen) atoms. The number of rotatable bonds is 8. The first kappa shape index (κ1) is 26.4. The Labute approximate surface area is 218 Å². The van der Waals surface area contributed by atoms with Crippen LogP contribution in [-0.4, -0.2) is 61.7 Å². The lowest BCUT2D eigenvalue weighted by molar-refractivity contribution is -0.120. The molecule has 2 aromatic rings. The fourth-order valence-corrected chi connectivity index (χ4v) is 6.97. The molecular formula is C28H38N4O3S. The van der Waals surface area contributed by atoms with E-state index < -0.39 is 5.92 Å². The van der Waals surface area contributed by atoms with Crippen LogP contribution >= 0.6 is 11.3 Å². The van der Waals surface area contributed by atoms with Crippen molar-refractivity contribution in [2.24, 2.45) is 10.9 Å². The fourth-order valence-electron chi connectivity index (χ4n) is 5.54. The normalized spacial score (nSPS) is 22.4. The summed E-state index contributed by atoms with van der Waals surface area (Å²) in [6.07, 6.45) is 9.90. The number of carbonyl (C=O) groups excluding carboxylic acids is 2. The average molecular weight is 511 g/mol. The Bertz CT molecular complexity index is 1150. The molecule has 1 aliphatic carbocycles. The molecule has 2 aromatic heterocycles. The first-order valence-corrected chi connectivity index (χ1v) is 13.7. The van der Waals surface area contributed by atoms with E-state index in [9.17, 15) is 9.59 Å². The van der Waals surface area contributed by atoms with Gasteiger partial charge in [0.2, 0.25) is 0 Å². The van der Waals surface area contributed by atoms with E-state index in [0.717, 1.165) is 46.0 Å². The summed E-state index contributed by atoms with van der Waals surface area (Å²) < 4.78 is 5.37. The van der Waals surface area contributed by atoms with Gasteiger partial charge in [-0.05, 0) is 85.2 Å². The van der Waals surface area contributed by atoms with Crippen molar-refractivity contribution in [1.82, 2.24) is 10.2 Å². The summed E-state index contributed by atoms with van der Waals surface area (Å²) in [4.78, 5) is 35.9. The van der Waals surface area contributed by atoms with Crippen molar-refractivity contribution < 1.29 is 14.0 Å². The number of dihydropyridines is 1. The minimum absolute atomic E-state index is 0.162. The van der Waals surface area contributed by atoms with Gasteiger partial charge >= 0.3 is 0 Å². The summed E-state index contributed by atoms with van der Waals surface area (Å²) in [6.45, 7) is 9.10. The number of aliphatic imine (C=N–C) groups is 1. The van der Waals surface area contributed by atoms with Crippen LogP contribution in [0.15, 0.2) is 39.7 Å². The Morgan fingerprint density at radius 3 is 2.44 bits per heavy atom. The molecule has 1 aliphatic heterocycles. The summed E-state index contributed by atoms with van der Waals surface area (Å²) in [5.41, 5.74) is 4.19. The van der Waals surface area contributed by atoms with Crippen LogP contribution in [0.1, 0.15) is 62.4 Å². The number of allylic oxidation sites excluding steroid dienone is 1. The van der Waals surface area contributed by atoms with E-state index in [1.807, 2.05) is 32.9 Å². The van der Waals surface area contributed by atoms with E-state index in [4.69, 9.17) is 4.42 Å². The van der Waals surface area contributed by atoms with E-state index >= 15 is 0 Å². The predicted molar refractivity (Wildman–Crippen MR) is 147 cm³/mol. The molecule has 4 rings (SSSR count). The zero-order valence-electron chi connectivity index (χ0n) is 22.3. The second-order valence-corrected chi connectivity index (χ2v) is 11.2. The lowest BCUT2D eigenvalue weighted by Crippen LogP contribution is -2.42. The van der Waals surface area contributed by atoms with Gasteiger partial charge in [-0.2, -0.15) is 0 Å². The number of hydrogen-bond acceptors (Lipinski definition) is 6. The van der Waals surface area contributed by atoms with Crippen molar-refractivity contribution in [3.63, 3.8) is 0 Å².